The lowest BCUT2D eigenvalue weighted by molar-refractivity contribution is -0.118. The summed E-state index contributed by atoms with van der Waals surface area (Å²) in [6, 6.07) is 5.60. The standard InChI is InChI=1S/C15H15ClN2O3S/c1-10-3-2-4-11-14(10)12(7-17-15(11)16)13-8-18(9-19)5-6-22(13,20)21/h2-4,7,9,13H,5-6,8H2,1H3. The van der Waals surface area contributed by atoms with Crippen LogP contribution in [0.4, 0.5) is 0 Å². The van der Waals surface area contributed by atoms with Crippen LogP contribution >= 0.6 is 11.6 Å². The number of fused-ring (bicyclic) bond motifs is 1. The first-order valence-corrected chi connectivity index (χ1v) is 8.98. The summed E-state index contributed by atoms with van der Waals surface area (Å²) < 4.78 is 25.0. The van der Waals surface area contributed by atoms with Gasteiger partial charge in [0.1, 0.15) is 10.4 Å². The maximum Gasteiger partial charge on any atom is 0.209 e. The van der Waals surface area contributed by atoms with Gasteiger partial charge in [0.05, 0.1) is 5.75 Å². The number of sulfone groups is 1. The van der Waals surface area contributed by atoms with Gasteiger partial charge in [0.25, 0.3) is 0 Å². The minimum Gasteiger partial charge on any atom is -0.343 e. The fourth-order valence-corrected chi connectivity index (χ4v) is 4.88. The Kier molecular flexibility index (Phi) is 3.82. The fraction of sp³-hybridized carbons (Fsp3) is 0.333. The van der Waals surface area contributed by atoms with Crippen LogP contribution in [0.5, 0.6) is 0 Å². The summed E-state index contributed by atoms with van der Waals surface area (Å²) in [5.41, 5.74) is 1.55. The fourth-order valence-electron chi connectivity index (χ4n) is 2.92. The quantitative estimate of drug-likeness (QED) is 0.621. The number of benzene rings is 1. The predicted molar refractivity (Wildman–Crippen MR) is 85.7 cm³/mol. The molecule has 1 aromatic carbocycles. The van der Waals surface area contributed by atoms with E-state index in [-0.39, 0.29) is 18.8 Å². The van der Waals surface area contributed by atoms with Gasteiger partial charge in [-0.3, -0.25) is 4.79 Å². The first-order valence-electron chi connectivity index (χ1n) is 6.88. The zero-order valence-corrected chi connectivity index (χ0v) is 13.6. The van der Waals surface area contributed by atoms with E-state index >= 15 is 0 Å². The van der Waals surface area contributed by atoms with Crippen molar-refractivity contribution in [1.82, 2.24) is 9.88 Å². The van der Waals surface area contributed by atoms with Gasteiger partial charge in [0, 0.05) is 24.7 Å². The highest BCUT2D eigenvalue weighted by Crippen LogP contribution is 2.35. The van der Waals surface area contributed by atoms with Crippen molar-refractivity contribution in [2.24, 2.45) is 0 Å². The molecule has 0 aliphatic carbocycles. The molecule has 2 heterocycles. The number of nitrogens with zero attached hydrogens (tertiary/aromatic N) is 2. The Hall–Kier alpha value is -1.66. The van der Waals surface area contributed by atoms with Crippen LogP contribution in [0.25, 0.3) is 10.8 Å². The number of hydrogen-bond acceptors (Lipinski definition) is 4. The van der Waals surface area contributed by atoms with Gasteiger partial charge in [-0.2, -0.15) is 0 Å². The minimum atomic E-state index is -3.32. The van der Waals surface area contributed by atoms with E-state index in [4.69, 9.17) is 11.6 Å². The second-order valence-corrected chi connectivity index (χ2v) is 8.12. The van der Waals surface area contributed by atoms with Crippen molar-refractivity contribution < 1.29 is 13.2 Å². The van der Waals surface area contributed by atoms with Crippen LogP contribution in [-0.2, 0) is 14.6 Å². The second kappa shape index (κ2) is 5.52. The van der Waals surface area contributed by atoms with E-state index in [1.54, 1.807) is 0 Å². The zero-order valence-electron chi connectivity index (χ0n) is 12.0. The molecule has 0 N–H and O–H groups in total. The van der Waals surface area contributed by atoms with Gasteiger partial charge < -0.3 is 4.90 Å². The average molecular weight is 339 g/mol. The topological polar surface area (TPSA) is 67.3 Å². The number of rotatable bonds is 2. The molecular weight excluding hydrogens is 324 g/mol. The van der Waals surface area contributed by atoms with Crippen LogP contribution in [0.3, 0.4) is 0 Å². The van der Waals surface area contributed by atoms with Crippen LogP contribution in [0.1, 0.15) is 16.4 Å². The summed E-state index contributed by atoms with van der Waals surface area (Å²) in [5, 5.41) is 1.13. The van der Waals surface area contributed by atoms with Crippen LogP contribution < -0.4 is 0 Å². The Balaban J connectivity index is 2.25. The molecule has 1 amide bonds. The van der Waals surface area contributed by atoms with Crippen molar-refractivity contribution in [2.45, 2.75) is 12.2 Å². The van der Waals surface area contributed by atoms with Crippen LogP contribution in [0, 0.1) is 6.92 Å². The smallest absolute Gasteiger partial charge is 0.209 e. The highest BCUT2D eigenvalue weighted by atomic mass is 35.5. The Labute approximate surface area is 133 Å². The molecule has 1 unspecified atom stereocenters. The molecule has 1 saturated heterocycles. The number of carbonyl (C=O) groups is 1. The van der Waals surface area contributed by atoms with Crippen molar-refractivity contribution in [2.75, 3.05) is 18.8 Å². The van der Waals surface area contributed by atoms with E-state index in [9.17, 15) is 13.2 Å². The molecular formula is C15H15ClN2O3S. The third-order valence-corrected chi connectivity index (χ3v) is 6.42. The Bertz CT molecular complexity index is 851. The molecule has 0 bridgehead atoms. The number of carbonyl (C=O) groups excluding carboxylic acids is 1. The number of halogens is 1. The summed E-state index contributed by atoms with van der Waals surface area (Å²) in [6.45, 7) is 2.30. The van der Waals surface area contributed by atoms with Crippen LogP contribution in [-0.4, -0.2) is 43.6 Å². The molecule has 7 heteroatoms. The molecule has 1 atom stereocenters. The van der Waals surface area contributed by atoms with Crippen LogP contribution in [0.2, 0.25) is 5.15 Å². The lowest BCUT2D eigenvalue weighted by Crippen LogP contribution is -2.41. The van der Waals surface area contributed by atoms with Gasteiger partial charge in [-0.25, -0.2) is 13.4 Å². The highest BCUT2D eigenvalue weighted by Gasteiger charge is 2.35. The van der Waals surface area contributed by atoms with Gasteiger partial charge in [-0.15, -0.1) is 0 Å². The molecule has 0 radical (unpaired) electrons. The van der Waals surface area contributed by atoms with E-state index in [2.05, 4.69) is 4.98 Å². The van der Waals surface area contributed by atoms with E-state index in [1.807, 2.05) is 25.1 Å². The Morgan fingerprint density at radius 1 is 1.41 bits per heavy atom. The van der Waals surface area contributed by atoms with E-state index in [0.717, 1.165) is 16.3 Å². The average Bonchev–Trinajstić information content (AvgIpc) is 2.49. The molecule has 1 fully saturated rings. The number of pyridine rings is 1. The van der Waals surface area contributed by atoms with Crippen molar-refractivity contribution in [3.8, 4) is 0 Å². The first kappa shape index (κ1) is 15.2. The molecule has 5 nitrogen and oxygen atoms in total. The predicted octanol–water partition coefficient (Wildman–Crippen LogP) is 2.12. The van der Waals surface area contributed by atoms with Crippen molar-refractivity contribution in [3.05, 3.63) is 40.7 Å². The lowest BCUT2D eigenvalue weighted by Gasteiger charge is -2.30. The normalized spacial score (nSPS) is 21.0. The van der Waals surface area contributed by atoms with Gasteiger partial charge in [0.2, 0.25) is 6.41 Å². The van der Waals surface area contributed by atoms with Gasteiger partial charge in [-0.1, -0.05) is 29.8 Å². The first-order chi connectivity index (χ1) is 10.4. The molecule has 1 aliphatic rings. The molecule has 3 rings (SSSR count). The third kappa shape index (κ3) is 2.46. The molecule has 1 aromatic heterocycles. The van der Waals surface area contributed by atoms with Gasteiger partial charge >= 0.3 is 0 Å². The summed E-state index contributed by atoms with van der Waals surface area (Å²) in [4.78, 5) is 16.7. The minimum absolute atomic E-state index is 0.0353. The Morgan fingerprint density at radius 2 is 2.18 bits per heavy atom. The maximum atomic E-state index is 12.5. The zero-order chi connectivity index (χ0) is 15.9. The number of amides is 1. The van der Waals surface area contributed by atoms with E-state index < -0.39 is 15.1 Å². The molecule has 0 spiro atoms. The molecule has 0 saturated carbocycles. The SMILES string of the molecule is Cc1cccc2c(Cl)ncc(C3CN(C=O)CCS3(=O)=O)c12. The van der Waals surface area contributed by atoms with Crippen molar-refractivity contribution in [1.29, 1.82) is 0 Å². The van der Waals surface area contributed by atoms with E-state index in [0.29, 0.717) is 17.1 Å². The summed E-state index contributed by atoms with van der Waals surface area (Å²) in [6.07, 6.45) is 2.22. The number of hydrogen-bond donors (Lipinski definition) is 0. The molecule has 2 aromatic rings. The third-order valence-electron chi connectivity index (χ3n) is 4.09. The largest absolute Gasteiger partial charge is 0.343 e. The summed E-state index contributed by atoms with van der Waals surface area (Å²) in [7, 11) is -3.32. The monoisotopic (exact) mass is 338 g/mol. The summed E-state index contributed by atoms with van der Waals surface area (Å²) >= 11 is 6.14. The van der Waals surface area contributed by atoms with Crippen LogP contribution in [0.15, 0.2) is 24.4 Å². The Morgan fingerprint density at radius 3 is 2.91 bits per heavy atom. The van der Waals surface area contributed by atoms with E-state index in [1.165, 1.54) is 11.1 Å². The lowest BCUT2D eigenvalue weighted by atomic mass is 10.0. The molecule has 116 valence electrons. The molecule has 22 heavy (non-hydrogen) atoms. The second-order valence-electron chi connectivity index (χ2n) is 5.46. The number of aromatic nitrogens is 1. The molecule has 1 aliphatic heterocycles. The number of aryl methyl sites for hydroxylation is 1. The van der Waals surface area contributed by atoms with Gasteiger partial charge in [-0.05, 0) is 23.4 Å². The van der Waals surface area contributed by atoms with Crippen molar-refractivity contribution in [3.63, 3.8) is 0 Å². The summed E-state index contributed by atoms with van der Waals surface area (Å²) in [5.74, 6) is -0.0353. The van der Waals surface area contributed by atoms with Crippen molar-refractivity contribution >= 4 is 38.6 Å². The maximum absolute atomic E-state index is 12.5. The van der Waals surface area contributed by atoms with Gasteiger partial charge in [0.15, 0.2) is 9.84 Å². The highest BCUT2D eigenvalue weighted by molar-refractivity contribution is 7.91.